The van der Waals surface area contributed by atoms with Gasteiger partial charge in [-0.05, 0) is 54.1 Å². The molecular formula is C22H14ClFO4S. The fraction of sp³-hybridized carbons (Fsp3) is 0.0455. The van der Waals surface area contributed by atoms with Crippen molar-refractivity contribution < 1.29 is 17.2 Å². The highest BCUT2D eigenvalue weighted by molar-refractivity contribution is 7.90. The Morgan fingerprint density at radius 1 is 0.931 bits per heavy atom. The Morgan fingerprint density at radius 2 is 1.59 bits per heavy atom. The van der Waals surface area contributed by atoms with E-state index in [2.05, 4.69) is 0 Å². The van der Waals surface area contributed by atoms with E-state index < -0.39 is 15.7 Å². The second kappa shape index (κ2) is 7.13. The number of para-hydroxylation sites is 1. The molecule has 0 atom stereocenters. The van der Waals surface area contributed by atoms with Gasteiger partial charge in [0.1, 0.15) is 17.2 Å². The predicted molar refractivity (Wildman–Crippen MR) is 111 cm³/mol. The number of fused-ring (bicyclic) bond motifs is 1. The summed E-state index contributed by atoms with van der Waals surface area (Å²) in [4.78, 5) is 13.4. The zero-order chi connectivity index (χ0) is 20.8. The van der Waals surface area contributed by atoms with Gasteiger partial charge in [-0.15, -0.1) is 0 Å². The lowest BCUT2D eigenvalue weighted by molar-refractivity contribution is 0.601. The van der Waals surface area contributed by atoms with Crippen LogP contribution in [-0.4, -0.2) is 14.7 Å². The van der Waals surface area contributed by atoms with Gasteiger partial charge in [-0.25, -0.2) is 12.8 Å². The number of hydrogen-bond acceptors (Lipinski definition) is 4. The zero-order valence-corrected chi connectivity index (χ0v) is 16.7. The molecule has 0 aliphatic rings. The fourth-order valence-corrected chi connectivity index (χ4v) is 3.86. The van der Waals surface area contributed by atoms with Gasteiger partial charge < -0.3 is 4.42 Å². The highest BCUT2D eigenvalue weighted by atomic mass is 35.5. The highest BCUT2D eigenvalue weighted by Crippen LogP contribution is 2.34. The minimum atomic E-state index is -3.37. The normalized spacial score (nSPS) is 11.7. The third-order valence-corrected chi connectivity index (χ3v) is 5.99. The largest absolute Gasteiger partial charge is 0.455 e. The molecular weight excluding hydrogens is 415 g/mol. The number of sulfone groups is 1. The van der Waals surface area contributed by atoms with Crippen LogP contribution in [0.4, 0.5) is 4.39 Å². The molecule has 1 heterocycles. The standard InChI is InChI=1S/C22H14ClFO4S/c1-29(26,27)15-9-6-13(7-10-15)22-20(14-8-11-17(23)18(24)12-14)21(25)16-4-2-3-5-19(16)28-22/h2-12H,1H3. The molecule has 4 aromatic rings. The van der Waals surface area contributed by atoms with Gasteiger partial charge in [-0.3, -0.25) is 4.79 Å². The summed E-state index contributed by atoms with van der Waals surface area (Å²) in [6.07, 6.45) is 1.11. The maximum absolute atomic E-state index is 14.1. The molecule has 7 heteroatoms. The van der Waals surface area contributed by atoms with Crippen molar-refractivity contribution >= 4 is 32.4 Å². The van der Waals surface area contributed by atoms with Gasteiger partial charge in [0.2, 0.25) is 5.43 Å². The first-order chi connectivity index (χ1) is 13.8. The van der Waals surface area contributed by atoms with Crippen LogP contribution in [0.5, 0.6) is 0 Å². The van der Waals surface area contributed by atoms with Gasteiger partial charge in [0.15, 0.2) is 9.84 Å². The Morgan fingerprint density at radius 3 is 2.24 bits per heavy atom. The second-order valence-corrected chi connectivity index (χ2v) is 8.98. The SMILES string of the molecule is CS(=O)(=O)c1ccc(-c2oc3ccccc3c(=O)c2-c2ccc(Cl)c(F)c2)cc1. The molecule has 4 rings (SSSR count). The van der Waals surface area contributed by atoms with Gasteiger partial charge in [0.25, 0.3) is 0 Å². The van der Waals surface area contributed by atoms with E-state index in [1.807, 2.05) is 0 Å². The number of hydrogen-bond donors (Lipinski definition) is 0. The van der Waals surface area contributed by atoms with Crippen LogP contribution >= 0.6 is 11.6 Å². The molecule has 4 nitrogen and oxygen atoms in total. The first-order valence-corrected chi connectivity index (χ1v) is 10.8. The van der Waals surface area contributed by atoms with Crippen LogP contribution in [-0.2, 0) is 9.84 Å². The molecule has 146 valence electrons. The van der Waals surface area contributed by atoms with Crippen molar-refractivity contribution in [3.63, 3.8) is 0 Å². The van der Waals surface area contributed by atoms with E-state index in [1.165, 1.54) is 24.3 Å². The molecule has 0 aliphatic heterocycles. The van der Waals surface area contributed by atoms with Gasteiger partial charge in [-0.1, -0.05) is 29.8 Å². The summed E-state index contributed by atoms with van der Waals surface area (Å²) in [5, 5.41) is 0.298. The number of halogens is 2. The maximum atomic E-state index is 14.1. The van der Waals surface area contributed by atoms with Crippen molar-refractivity contribution in [3.8, 4) is 22.5 Å². The van der Waals surface area contributed by atoms with Crippen LogP contribution in [0.1, 0.15) is 0 Å². The fourth-order valence-electron chi connectivity index (χ4n) is 3.11. The monoisotopic (exact) mass is 428 g/mol. The average molecular weight is 429 g/mol. The Bertz CT molecular complexity index is 1410. The van der Waals surface area contributed by atoms with Gasteiger partial charge in [0.05, 0.1) is 20.9 Å². The first-order valence-electron chi connectivity index (χ1n) is 8.57. The minimum Gasteiger partial charge on any atom is -0.455 e. The highest BCUT2D eigenvalue weighted by Gasteiger charge is 2.19. The van der Waals surface area contributed by atoms with Crippen molar-refractivity contribution in [2.75, 3.05) is 6.26 Å². The molecule has 0 spiro atoms. The predicted octanol–water partition coefficient (Wildman–Crippen LogP) is 5.32. The van der Waals surface area contributed by atoms with Crippen molar-refractivity contribution in [2.45, 2.75) is 4.90 Å². The Labute approximate surface area is 171 Å². The van der Waals surface area contributed by atoms with Gasteiger partial charge in [-0.2, -0.15) is 0 Å². The molecule has 3 aromatic carbocycles. The lowest BCUT2D eigenvalue weighted by Gasteiger charge is -2.11. The van der Waals surface area contributed by atoms with E-state index in [0.29, 0.717) is 22.1 Å². The summed E-state index contributed by atoms with van der Waals surface area (Å²) >= 11 is 5.79. The molecule has 0 radical (unpaired) electrons. The van der Waals surface area contributed by atoms with Crippen LogP contribution in [0.25, 0.3) is 33.4 Å². The maximum Gasteiger partial charge on any atom is 0.201 e. The summed E-state index contributed by atoms with van der Waals surface area (Å²) in [7, 11) is -3.37. The van der Waals surface area contributed by atoms with Crippen LogP contribution < -0.4 is 5.43 Å². The molecule has 0 unspecified atom stereocenters. The number of rotatable bonds is 3. The molecule has 1 aromatic heterocycles. The van der Waals surface area contributed by atoms with Crippen molar-refractivity contribution in [1.82, 2.24) is 0 Å². The minimum absolute atomic E-state index is 0.0574. The van der Waals surface area contributed by atoms with E-state index in [-0.39, 0.29) is 26.7 Å². The third-order valence-electron chi connectivity index (χ3n) is 4.55. The molecule has 0 amide bonds. The van der Waals surface area contributed by atoms with E-state index >= 15 is 0 Å². The molecule has 0 aliphatic carbocycles. The quantitative estimate of drug-likeness (QED) is 0.443. The average Bonchev–Trinajstić information content (AvgIpc) is 2.70. The summed E-state index contributed by atoms with van der Waals surface area (Å²) in [6.45, 7) is 0. The van der Waals surface area contributed by atoms with Gasteiger partial charge in [0, 0.05) is 11.8 Å². The van der Waals surface area contributed by atoms with Crippen LogP contribution in [0.15, 0.2) is 80.8 Å². The molecule has 0 bridgehead atoms. The molecule has 29 heavy (non-hydrogen) atoms. The summed E-state index contributed by atoms with van der Waals surface area (Å²) < 4.78 is 43.6. The second-order valence-electron chi connectivity index (χ2n) is 6.56. The number of benzene rings is 3. The van der Waals surface area contributed by atoms with Crippen molar-refractivity contribution in [1.29, 1.82) is 0 Å². The first kappa shape index (κ1) is 19.4. The third kappa shape index (κ3) is 3.57. The summed E-state index contributed by atoms with van der Waals surface area (Å²) in [5.74, 6) is -0.439. The van der Waals surface area contributed by atoms with E-state index in [0.717, 1.165) is 6.26 Å². The van der Waals surface area contributed by atoms with Gasteiger partial charge >= 0.3 is 0 Å². The Hall–Kier alpha value is -2.96. The molecule has 0 saturated heterocycles. The smallest absolute Gasteiger partial charge is 0.201 e. The van der Waals surface area contributed by atoms with Crippen molar-refractivity contribution in [2.24, 2.45) is 0 Å². The summed E-state index contributed by atoms with van der Waals surface area (Å²) in [5.41, 5.74) is 1.03. The van der Waals surface area contributed by atoms with Crippen LogP contribution in [0.3, 0.4) is 0 Å². The van der Waals surface area contributed by atoms with Crippen LogP contribution in [0, 0.1) is 5.82 Å². The Kier molecular flexibility index (Phi) is 4.76. The lowest BCUT2D eigenvalue weighted by atomic mass is 9.98. The van der Waals surface area contributed by atoms with E-state index in [4.69, 9.17) is 16.0 Å². The Balaban J connectivity index is 2.04. The van der Waals surface area contributed by atoms with E-state index in [1.54, 1.807) is 42.5 Å². The lowest BCUT2D eigenvalue weighted by Crippen LogP contribution is -2.07. The topological polar surface area (TPSA) is 64.3 Å². The van der Waals surface area contributed by atoms with E-state index in [9.17, 15) is 17.6 Å². The molecule has 0 fully saturated rings. The summed E-state index contributed by atoms with van der Waals surface area (Å²) in [6, 6.07) is 16.8. The van der Waals surface area contributed by atoms with Crippen LogP contribution in [0.2, 0.25) is 5.02 Å². The van der Waals surface area contributed by atoms with Crippen molar-refractivity contribution in [3.05, 3.63) is 87.8 Å². The molecule has 0 saturated carbocycles. The molecule has 0 N–H and O–H groups in total. The zero-order valence-electron chi connectivity index (χ0n) is 15.1.